The van der Waals surface area contributed by atoms with Crippen molar-refractivity contribution in [1.82, 2.24) is 0 Å². The highest BCUT2D eigenvalue weighted by Gasteiger charge is 2.14. The van der Waals surface area contributed by atoms with Crippen LogP contribution < -0.4 is 11.1 Å². The van der Waals surface area contributed by atoms with E-state index in [0.29, 0.717) is 29.8 Å². The number of hydrogen-bond donors (Lipinski definition) is 2. The summed E-state index contributed by atoms with van der Waals surface area (Å²) >= 11 is 0. The molecule has 0 fully saturated rings. The summed E-state index contributed by atoms with van der Waals surface area (Å²) in [6.45, 7) is 4.11. The van der Waals surface area contributed by atoms with E-state index in [9.17, 15) is 14.9 Å². The van der Waals surface area contributed by atoms with Crippen LogP contribution in [0.15, 0.2) is 12.1 Å². The Hall–Kier alpha value is -1.95. The van der Waals surface area contributed by atoms with Gasteiger partial charge in [-0.1, -0.05) is 12.8 Å². The second-order valence-electron chi connectivity index (χ2n) is 5.21. The summed E-state index contributed by atoms with van der Waals surface area (Å²) in [5.74, 6) is -0.0564. The number of carbonyl (C=O) groups excluding carboxylic acids is 1. The molecule has 6 heteroatoms. The molecule has 1 amide bonds. The predicted molar refractivity (Wildman–Crippen MR) is 83.3 cm³/mol. The van der Waals surface area contributed by atoms with Crippen molar-refractivity contribution in [2.45, 2.75) is 46.0 Å². The molecule has 0 aliphatic rings. The minimum atomic E-state index is -0.411. The second kappa shape index (κ2) is 8.36. The van der Waals surface area contributed by atoms with Crippen LogP contribution in [0.25, 0.3) is 0 Å². The summed E-state index contributed by atoms with van der Waals surface area (Å²) < 4.78 is 0. The van der Waals surface area contributed by atoms with E-state index in [2.05, 4.69) is 5.32 Å². The number of nitrogens with two attached hydrogens (primary N) is 1. The zero-order valence-corrected chi connectivity index (χ0v) is 12.6. The lowest BCUT2D eigenvalue weighted by atomic mass is 10.1. The summed E-state index contributed by atoms with van der Waals surface area (Å²) in [5, 5.41) is 13.7. The molecule has 0 heterocycles. The maximum absolute atomic E-state index is 11.9. The molecule has 0 atom stereocenters. The third-order valence-corrected chi connectivity index (χ3v) is 3.37. The van der Waals surface area contributed by atoms with Gasteiger partial charge in [-0.2, -0.15) is 0 Å². The van der Waals surface area contributed by atoms with E-state index < -0.39 is 4.92 Å². The van der Waals surface area contributed by atoms with Gasteiger partial charge in [0.15, 0.2) is 0 Å². The molecule has 3 N–H and O–H groups in total. The Bertz CT molecular complexity index is 515. The number of anilines is 1. The molecule has 1 rings (SSSR count). The van der Waals surface area contributed by atoms with Crippen LogP contribution in [-0.2, 0) is 4.79 Å². The van der Waals surface area contributed by atoms with Crippen molar-refractivity contribution in [3.63, 3.8) is 0 Å². The van der Waals surface area contributed by atoms with E-state index in [4.69, 9.17) is 5.73 Å². The highest BCUT2D eigenvalue weighted by Crippen LogP contribution is 2.26. The second-order valence-corrected chi connectivity index (χ2v) is 5.21. The Morgan fingerprint density at radius 3 is 2.48 bits per heavy atom. The molecule has 0 aromatic heterocycles. The standard InChI is InChI=1S/C15H23N3O3/c1-11-10-14(18(20)21)12(2)9-13(11)17-15(19)7-5-3-4-6-8-16/h9-10H,3-8,16H2,1-2H3,(H,17,19). The van der Waals surface area contributed by atoms with Crippen LogP contribution in [0.3, 0.4) is 0 Å². The highest BCUT2D eigenvalue weighted by molar-refractivity contribution is 5.91. The van der Waals surface area contributed by atoms with Gasteiger partial charge in [0.1, 0.15) is 0 Å². The van der Waals surface area contributed by atoms with E-state index in [-0.39, 0.29) is 11.6 Å². The van der Waals surface area contributed by atoms with Crippen molar-refractivity contribution in [3.8, 4) is 0 Å². The molecule has 1 aromatic carbocycles. The summed E-state index contributed by atoms with van der Waals surface area (Å²) in [6, 6.07) is 3.14. The molecule has 0 radical (unpaired) electrons. The quantitative estimate of drug-likeness (QED) is 0.437. The van der Waals surface area contributed by atoms with Crippen LogP contribution >= 0.6 is 0 Å². The van der Waals surface area contributed by atoms with E-state index in [1.165, 1.54) is 6.07 Å². The molecular formula is C15H23N3O3. The number of nitro benzene ring substituents is 1. The number of nitrogens with zero attached hydrogens (tertiary/aromatic N) is 1. The SMILES string of the molecule is Cc1cc([N+](=O)[O-])c(C)cc1NC(=O)CCCCCCN. The molecule has 0 spiro atoms. The largest absolute Gasteiger partial charge is 0.330 e. The lowest BCUT2D eigenvalue weighted by Gasteiger charge is -2.10. The van der Waals surface area contributed by atoms with Gasteiger partial charge in [-0.3, -0.25) is 14.9 Å². The Labute approximate surface area is 124 Å². The summed E-state index contributed by atoms with van der Waals surface area (Å²) in [7, 11) is 0. The fraction of sp³-hybridized carbons (Fsp3) is 0.533. The molecule has 0 aliphatic heterocycles. The van der Waals surface area contributed by atoms with Gasteiger partial charge in [-0.25, -0.2) is 0 Å². The monoisotopic (exact) mass is 293 g/mol. The van der Waals surface area contributed by atoms with Crippen LogP contribution in [0.2, 0.25) is 0 Å². The number of aryl methyl sites for hydroxylation is 2. The molecular weight excluding hydrogens is 270 g/mol. The normalized spacial score (nSPS) is 10.4. The first-order chi connectivity index (χ1) is 9.95. The molecule has 0 bridgehead atoms. The molecule has 1 aromatic rings. The first-order valence-corrected chi connectivity index (χ1v) is 7.21. The van der Waals surface area contributed by atoms with Crippen molar-refractivity contribution in [2.24, 2.45) is 5.73 Å². The fourth-order valence-corrected chi connectivity index (χ4v) is 2.13. The minimum absolute atomic E-state index is 0.0564. The molecule has 0 saturated heterocycles. The molecule has 116 valence electrons. The number of carbonyl (C=O) groups is 1. The number of nitrogens with one attached hydrogen (secondary N) is 1. The van der Waals surface area contributed by atoms with Gasteiger partial charge < -0.3 is 11.1 Å². The number of nitro groups is 1. The van der Waals surface area contributed by atoms with E-state index in [1.54, 1.807) is 19.9 Å². The lowest BCUT2D eigenvalue weighted by molar-refractivity contribution is -0.385. The molecule has 0 unspecified atom stereocenters. The van der Waals surface area contributed by atoms with Gasteiger partial charge in [-0.15, -0.1) is 0 Å². The van der Waals surface area contributed by atoms with Crippen LogP contribution in [0.5, 0.6) is 0 Å². The first kappa shape index (κ1) is 17.1. The lowest BCUT2D eigenvalue weighted by Crippen LogP contribution is -2.12. The van der Waals surface area contributed by atoms with Gasteiger partial charge in [-0.05, 0) is 44.9 Å². The van der Waals surface area contributed by atoms with Crippen LogP contribution in [0.4, 0.5) is 11.4 Å². The minimum Gasteiger partial charge on any atom is -0.330 e. The third-order valence-electron chi connectivity index (χ3n) is 3.37. The smallest absolute Gasteiger partial charge is 0.272 e. The van der Waals surface area contributed by atoms with Gasteiger partial charge in [0, 0.05) is 23.7 Å². The Morgan fingerprint density at radius 1 is 1.19 bits per heavy atom. The molecule has 21 heavy (non-hydrogen) atoms. The number of amides is 1. The van der Waals surface area contributed by atoms with Gasteiger partial charge in [0.05, 0.1) is 4.92 Å². The number of hydrogen-bond acceptors (Lipinski definition) is 4. The summed E-state index contributed by atoms with van der Waals surface area (Å²) in [4.78, 5) is 22.3. The highest BCUT2D eigenvalue weighted by atomic mass is 16.6. The number of rotatable bonds is 8. The predicted octanol–water partition coefficient (Wildman–Crippen LogP) is 3.06. The number of unbranched alkanes of at least 4 members (excludes halogenated alkanes) is 3. The van der Waals surface area contributed by atoms with Crippen molar-refractivity contribution in [1.29, 1.82) is 0 Å². The average molecular weight is 293 g/mol. The summed E-state index contributed by atoms with van der Waals surface area (Å²) in [6.07, 6.45) is 4.31. The zero-order valence-electron chi connectivity index (χ0n) is 12.6. The third kappa shape index (κ3) is 5.51. The van der Waals surface area contributed by atoms with Crippen LogP contribution in [0.1, 0.15) is 43.2 Å². The van der Waals surface area contributed by atoms with Crippen molar-refractivity contribution < 1.29 is 9.72 Å². The molecule has 0 aliphatic carbocycles. The van der Waals surface area contributed by atoms with Gasteiger partial charge in [0.2, 0.25) is 5.91 Å². The molecule has 6 nitrogen and oxygen atoms in total. The van der Waals surface area contributed by atoms with Crippen LogP contribution in [0, 0.1) is 24.0 Å². The van der Waals surface area contributed by atoms with Crippen molar-refractivity contribution in [2.75, 3.05) is 11.9 Å². The van der Waals surface area contributed by atoms with Gasteiger partial charge in [0.25, 0.3) is 5.69 Å². The fourth-order valence-electron chi connectivity index (χ4n) is 2.13. The topological polar surface area (TPSA) is 98.3 Å². The van der Waals surface area contributed by atoms with Crippen molar-refractivity contribution >= 4 is 17.3 Å². The Kier molecular flexibility index (Phi) is 6.81. The first-order valence-electron chi connectivity index (χ1n) is 7.21. The van der Waals surface area contributed by atoms with E-state index in [0.717, 1.165) is 25.7 Å². The summed E-state index contributed by atoms with van der Waals surface area (Å²) in [5.41, 5.74) is 7.37. The molecule has 0 saturated carbocycles. The number of benzene rings is 1. The average Bonchev–Trinajstić information content (AvgIpc) is 2.42. The van der Waals surface area contributed by atoms with Crippen LogP contribution in [-0.4, -0.2) is 17.4 Å². The maximum atomic E-state index is 11.9. The van der Waals surface area contributed by atoms with E-state index >= 15 is 0 Å². The zero-order chi connectivity index (χ0) is 15.8. The van der Waals surface area contributed by atoms with Gasteiger partial charge >= 0.3 is 0 Å². The maximum Gasteiger partial charge on any atom is 0.272 e. The Balaban J connectivity index is 2.56. The van der Waals surface area contributed by atoms with Crippen molar-refractivity contribution in [3.05, 3.63) is 33.4 Å². The Morgan fingerprint density at radius 2 is 1.86 bits per heavy atom. The van der Waals surface area contributed by atoms with E-state index in [1.807, 2.05) is 0 Å².